The first-order valence-corrected chi connectivity index (χ1v) is 7.67. The largest absolute Gasteiger partial charge is 0.481 e. The molecule has 2 rings (SSSR count). The highest BCUT2D eigenvalue weighted by Gasteiger charge is 2.45. The molecule has 0 bridgehead atoms. The van der Waals surface area contributed by atoms with E-state index in [1.54, 1.807) is 6.92 Å². The van der Waals surface area contributed by atoms with E-state index in [1.807, 2.05) is 0 Å². The Morgan fingerprint density at radius 3 is 2.58 bits per heavy atom. The summed E-state index contributed by atoms with van der Waals surface area (Å²) in [6.45, 7) is 1.65. The molecule has 138 valence electrons. The number of halogens is 1. The van der Waals surface area contributed by atoms with Gasteiger partial charge in [0.15, 0.2) is 0 Å². The molecule has 10 nitrogen and oxygen atoms in total. The van der Waals surface area contributed by atoms with Gasteiger partial charge in [-0.05, 0) is 18.6 Å². The van der Waals surface area contributed by atoms with E-state index in [1.165, 1.54) is 6.07 Å². The molecule has 4 N–H and O–H groups in total. The van der Waals surface area contributed by atoms with Gasteiger partial charge in [-0.2, -0.15) is 4.99 Å². The van der Waals surface area contributed by atoms with Crippen molar-refractivity contribution in [1.82, 2.24) is 0 Å². The summed E-state index contributed by atoms with van der Waals surface area (Å²) in [6.07, 6.45) is 0. The summed E-state index contributed by atoms with van der Waals surface area (Å²) in [5.41, 5.74) is 4.73. The van der Waals surface area contributed by atoms with E-state index in [0.717, 1.165) is 12.1 Å². The zero-order chi connectivity index (χ0) is 19.6. The molecule has 1 heterocycles. The fourth-order valence-corrected chi connectivity index (χ4v) is 2.93. The number of carboxylic acids is 2. The molecule has 1 aromatic carbocycles. The number of rotatable bonds is 5. The molecule has 0 fully saturated rings. The van der Waals surface area contributed by atoms with E-state index in [-0.39, 0.29) is 28.8 Å². The number of carbonyl (C=O) groups is 2. The van der Waals surface area contributed by atoms with Crippen LogP contribution in [0.5, 0.6) is 0 Å². The van der Waals surface area contributed by atoms with Crippen LogP contribution < -0.4 is 5.73 Å². The summed E-state index contributed by atoms with van der Waals surface area (Å²) in [5.74, 6) is -6.68. The van der Waals surface area contributed by atoms with E-state index in [2.05, 4.69) is 4.99 Å². The number of non-ortho nitro benzene ring substituents is 1. The van der Waals surface area contributed by atoms with Gasteiger partial charge in [-0.25, -0.2) is 4.79 Å². The third-order valence-corrected chi connectivity index (χ3v) is 4.08. The average molecular weight is 384 g/mol. The Hall–Kier alpha value is -3.14. The fraction of sp³-hybridized carbons (Fsp3) is 0.267. The molecule has 1 aliphatic rings. The molecule has 2 unspecified atom stereocenters. The summed E-state index contributed by atoms with van der Waals surface area (Å²) >= 11 is 6.09. The van der Waals surface area contributed by atoms with Crippen LogP contribution in [0.2, 0.25) is 5.02 Å². The number of nitro groups is 1. The second kappa shape index (κ2) is 7.40. The lowest BCUT2D eigenvalue weighted by Crippen LogP contribution is -2.38. The lowest BCUT2D eigenvalue weighted by atomic mass is 9.78. The highest BCUT2D eigenvalue weighted by atomic mass is 35.5. The third kappa shape index (κ3) is 3.45. The maximum Gasteiger partial charge on any atom is 0.335 e. The van der Waals surface area contributed by atoms with Crippen molar-refractivity contribution in [1.29, 1.82) is 0 Å². The fourth-order valence-electron chi connectivity index (χ4n) is 2.70. The predicted octanol–water partition coefficient (Wildman–Crippen LogP) is 1.74. The van der Waals surface area contributed by atoms with Crippen molar-refractivity contribution in [2.45, 2.75) is 12.8 Å². The summed E-state index contributed by atoms with van der Waals surface area (Å²) in [5, 5.41) is 30.1. The molecule has 0 aromatic heterocycles. The zero-order valence-corrected chi connectivity index (χ0v) is 14.1. The normalized spacial score (nSPS) is 19.7. The number of nitrogens with zero attached hydrogens (tertiary/aromatic N) is 2. The van der Waals surface area contributed by atoms with Crippen molar-refractivity contribution in [3.63, 3.8) is 0 Å². The lowest BCUT2D eigenvalue weighted by molar-refractivity contribution is -0.384. The van der Waals surface area contributed by atoms with Crippen LogP contribution >= 0.6 is 11.6 Å². The quantitative estimate of drug-likeness (QED) is 0.510. The third-order valence-electron chi connectivity index (χ3n) is 3.73. The van der Waals surface area contributed by atoms with Crippen molar-refractivity contribution >= 4 is 35.1 Å². The minimum Gasteiger partial charge on any atom is -0.481 e. The Balaban J connectivity index is 2.78. The van der Waals surface area contributed by atoms with Gasteiger partial charge in [0.05, 0.1) is 17.1 Å². The SMILES string of the molecule is CCOC1=NC(N)=C(C(=O)O)C(c2cc([N+](=O)[O-])ccc2Cl)C1C(=O)O. The molecule has 0 spiro atoms. The smallest absolute Gasteiger partial charge is 0.335 e. The van der Waals surface area contributed by atoms with Gasteiger partial charge in [0, 0.05) is 23.1 Å². The van der Waals surface area contributed by atoms with E-state index in [0.29, 0.717) is 0 Å². The molecule has 0 aliphatic carbocycles. The van der Waals surface area contributed by atoms with Crippen molar-refractivity contribution < 1.29 is 29.5 Å². The van der Waals surface area contributed by atoms with Crippen LogP contribution in [0.4, 0.5) is 5.69 Å². The number of aliphatic carboxylic acids is 2. The lowest BCUT2D eigenvalue weighted by Gasteiger charge is -2.30. The van der Waals surface area contributed by atoms with Gasteiger partial charge in [0.2, 0.25) is 5.90 Å². The van der Waals surface area contributed by atoms with Crippen molar-refractivity contribution in [2.75, 3.05) is 6.61 Å². The van der Waals surface area contributed by atoms with Crippen LogP contribution in [0.3, 0.4) is 0 Å². The van der Waals surface area contributed by atoms with E-state index in [4.69, 9.17) is 22.1 Å². The van der Waals surface area contributed by atoms with E-state index >= 15 is 0 Å². The van der Waals surface area contributed by atoms with Crippen LogP contribution in [-0.2, 0) is 14.3 Å². The first kappa shape index (κ1) is 19.2. The minimum absolute atomic E-state index is 0.0452. The minimum atomic E-state index is -1.56. The van der Waals surface area contributed by atoms with Gasteiger partial charge in [-0.1, -0.05) is 11.6 Å². The van der Waals surface area contributed by atoms with Crippen LogP contribution in [0.25, 0.3) is 0 Å². The molecule has 26 heavy (non-hydrogen) atoms. The number of carboxylic acid groups (broad SMARTS) is 2. The van der Waals surface area contributed by atoms with Crippen molar-refractivity contribution in [2.24, 2.45) is 16.6 Å². The van der Waals surface area contributed by atoms with Gasteiger partial charge in [-0.15, -0.1) is 0 Å². The molecule has 1 aromatic rings. The Labute approximate surface area is 151 Å². The second-order valence-electron chi connectivity index (χ2n) is 5.24. The topological polar surface area (TPSA) is 165 Å². The van der Waals surface area contributed by atoms with Crippen LogP contribution in [0.1, 0.15) is 18.4 Å². The second-order valence-corrected chi connectivity index (χ2v) is 5.65. The molecule has 0 radical (unpaired) electrons. The monoisotopic (exact) mass is 383 g/mol. The highest BCUT2D eigenvalue weighted by molar-refractivity contribution is 6.31. The molecular formula is C15H14ClN3O7. The van der Waals surface area contributed by atoms with Gasteiger partial charge in [-0.3, -0.25) is 14.9 Å². The zero-order valence-electron chi connectivity index (χ0n) is 13.4. The number of aliphatic imine (C=N–C) groups is 1. The molecule has 11 heteroatoms. The van der Waals surface area contributed by atoms with Gasteiger partial charge >= 0.3 is 11.9 Å². The first-order chi connectivity index (χ1) is 12.2. The number of nitro benzene ring substituents is 1. The number of benzene rings is 1. The van der Waals surface area contributed by atoms with Crippen LogP contribution in [-0.4, -0.2) is 39.6 Å². The Morgan fingerprint density at radius 2 is 2.08 bits per heavy atom. The van der Waals surface area contributed by atoms with Crippen LogP contribution in [0, 0.1) is 16.0 Å². The summed E-state index contributed by atoms with van der Waals surface area (Å²) in [4.78, 5) is 37.6. The average Bonchev–Trinajstić information content (AvgIpc) is 2.53. The molecule has 0 saturated heterocycles. The summed E-state index contributed by atoms with van der Waals surface area (Å²) in [7, 11) is 0. The van der Waals surface area contributed by atoms with Crippen molar-refractivity contribution in [3.05, 3.63) is 50.3 Å². The number of hydrogen-bond donors (Lipinski definition) is 3. The first-order valence-electron chi connectivity index (χ1n) is 7.30. The van der Waals surface area contributed by atoms with Crippen molar-refractivity contribution in [3.8, 4) is 0 Å². The van der Waals surface area contributed by atoms with Gasteiger partial charge < -0.3 is 20.7 Å². The van der Waals surface area contributed by atoms with E-state index in [9.17, 15) is 29.9 Å². The number of nitrogens with two attached hydrogens (primary N) is 1. The summed E-state index contributed by atoms with van der Waals surface area (Å²) < 4.78 is 5.21. The predicted molar refractivity (Wildman–Crippen MR) is 89.9 cm³/mol. The number of hydrogen-bond acceptors (Lipinski definition) is 7. The molecule has 0 amide bonds. The maximum atomic E-state index is 11.8. The molecular weight excluding hydrogens is 370 g/mol. The standard InChI is InChI=1S/C15H14ClN3O7/c1-2-26-13-11(15(22)23)9(10(14(20)21)12(17)18-13)7-5-6(19(24)25)3-4-8(7)16/h3-5,9,11H,2,17H2,1H3,(H,20,21)(H,22,23). The van der Waals surface area contributed by atoms with Gasteiger partial charge in [0.1, 0.15) is 11.7 Å². The molecule has 2 atom stereocenters. The maximum absolute atomic E-state index is 11.8. The Kier molecular flexibility index (Phi) is 5.46. The number of ether oxygens (including phenoxy) is 1. The Bertz CT molecular complexity index is 850. The van der Waals surface area contributed by atoms with Gasteiger partial charge in [0.25, 0.3) is 5.69 Å². The van der Waals surface area contributed by atoms with E-state index < -0.39 is 40.1 Å². The molecule has 1 aliphatic heterocycles. The Morgan fingerprint density at radius 1 is 1.42 bits per heavy atom. The summed E-state index contributed by atoms with van der Waals surface area (Å²) in [6, 6.07) is 3.33. The highest BCUT2D eigenvalue weighted by Crippen LogP contribution is 2.42. The molecule has 0 saturated carbocycles. The van der Waals surface area contributed by atoms with Crippen LogP contribution in [0.15, 0.2) is 34.6 Å².